The quantitative estimate of drug-likeness (QED) is 0.277. The van der Waals surface area contributed by atoms with Crippen LogP contribution in [0.2, 0.25) is 0 Å². The number of alkyl halides is 5. The second-order valence-electron chi connectivity index (χ2n) is 7.07. The van der Waals surface area contributed by atoms with E-state index in [1.807, 2.05) is 0 Å². The van der Waals surface area contributed by atoms with Crippen LogP contribution in [0.1, 0.15) is 15.9 Å². The maximum absolute atomic E-state index is 13.1. The fraction of sp³-hybridized carbons (Fsp3) is 0.286. The maximum atomic E-state index is 13.1. The lowest BCUT2D eigenvalue weighted by atomic mass is 10.1. The molecule has 0 unspecified atom stereocenters. The standard InChI is InChI=1S/C21H19F5N4O3/c22-20(23,24)21(25,26)33-17-7-5-16(6-8-17)29-19(28-9-14-11-32-12-14)30-18(27)15-3-1-13(10-31)2-4-15/h1-8,10,14H,9,11-12H2,(H3,27,28,29,30). The molecule has 1 aliphatic heterocycles. The number of amidine groups is 1. The summed E-state index contributed by atoms with van der Waals surface area (Å²) in [6.07, 6.45) is -10.5. The number of hydrogen-bond acceptors (Lipinski definition) is 4. The Balaban J connectivity index is 1.76. The molecule has 0 atom stereocenters. The summed E-state index contributed by atoms with van der Waals surface area (Å²) in [5, 5.41) is 2.85. The molecule has 3 rings (SSSR count). The Morgan fingerprint density at radius 3 is 2.24 bits per heavy atom. The van der Waals surface area contributed by atoms with Gasteiger partial charge in [-0.25, -0.2) is 0 Å². The van der Waals surface area contributed by atoms with Crippen LogP contribution < -0.4 is 15.8 Å². The van der Waals surface area contributed by atoms with Crippen molar-refractivity contribution >= 4 is 23.8 Å². The Bertz CT molecular complexity index is 1020. The zero-order valence-corrected chi connectivity index (χ0v) is 17.0. The Labute approximate surface area is 185 Å². The van der Waals surface area contributed by atoms with Crippen LogP contribution in [-0.2, 0) is 4.74 Å². The first-order chi connectivity index (χ1) is 15.6. The number of anilines is 1. The number of guanidine groups is 1. The van der Waals surface area contributed by atoms with E-state index in [9.17, 15) is 26.7 Å². The van der Waals surface area contributed by atoms with Crippen molar-refractivity contribution in [2.45, 2.75) is 12.3 Å². The highest BCUT2D eigenvalue weighted by molar-refractivity contribution is 6.08. The van der Waals surface area contributed by atoms with E-state index in [0.717, 1.165) is 12.1 Å². The largest absolute Gasteiger partial charge is 0.499 e. The number of aldehydes is 1. The van der Waals surface area contributed by atoms with Crippen LogP contribution >= 0.6 is 0 Å². The summed E-state index contributed by atoms with van der Waals surface area (Å²) in [7, 11) is 0. The minimum Gasteiger partial charge on any atom is -0.426 e. The Kier molecular flexibility index (Phi) is 7.26. The van der Waals surface area contributed by atoms with Crippen LogP contribution in [0.5, 0.6) is 5.75 Å². The van der Waals surface area contributed by atoms with E-state index in [-0.39, 0.29) is 17.7 Å². The van der Waals surface area contributed by atoms with Crippen molar-refractivity contribution in [2.24, 2.45) is 21.6 Å². The lowest BCUT2D eigenvalue weighted by Crippen LogP contribution is -2.41. The molecule has 12 heteroatoms. The summed E-state index contributed by atoms with van der Waals surface area (Å²) in [5.41, 5.74) is 7.32. The van der Waals surface area contributed by atoms with E-state index in [4.69, 9.17) is 10.5 Å². The summed E-state index contributed by atoms with van der Waals surface area (Å²) in [6.45, 7) is 1.47. The number of rotatable bonds is 7. The number of carbonyl (C=O) groups excluding carboxylic acids is 1. The minimum atomic E-state index is -5.84. The molecule has 7 nitrogen and oxygen atoms in total. The van der Waals surface area contributed by atoms with Gasteiger partial charge in [0.05, 0.1) is 19.8 Å². The van der Waals surface area contributed by atoms with E-state index < -0.39 is 18.0 Å². The van der Waals surface area contributed by atoms with Crippen molar-refractivity contribution < 1.29 is 36.2 Å². The second kappa shape index (κ2) is 9.94. The normalized spacial score (nSPS) is 15.7. The molecule has 0 aliphatic carbocycles. The number of hydrogen-bond donors (Lipinski definition) is 2. The molecule has 0 aromatic heterocycles. The lowest BCUT2D eigenvalue weighted by molar-refractivity contribution is -0.360. The third-order valence-corrected chi connectivity index (χ3v) is 4.46. The Morgan fingerprint density at radius 2 is 1.73 bits per heavy atom. The van der Waals surface area contributed by atoms with E-state index in [1.165, 1.54) is 12.1 Å². The number of carbonyl (C=O) groups is 1. The predicted octanol–water partition coefficient (Wildman–Crippen LogP) is 3.85. The highest BCUT2D eigenvalue weighted by atomic mass is 19.4. The smallest absolute Gasteiger partial charge is 0.426 e. The lowest BCUT2D eigenvalue weighted by Gasteiger charge is -2.24. The highest BCUT2D eigenvalue weighted by Gasteiger charge is 2.61. The topological polar surface area (TPSA) is 98.3 Å². The van der Waals surface area contributed by atoms with Crippen LogP contribution in [-0.4, -0.2) is 50.1 Å². The first-order valence-electron chi connectivity index (χ1n) is 9.60. The first kappa shape index (κ1) is 24.1. The van der Waals surface area contributed by atoms with Gasteiger partial charge in [0.15, 0.2) is 0 Å². The van der Waals surface area contributed by atoms with E-state index in [0.29, 0.717) is 42.9 Å². The third-order valence-electron chi connectivity index (χ3n) is 4.46. The van der Waals surface area contributed by atoms with Gasteiger partial charge >= 0.3 is 12.3 Å². The van der Waals surface area contributed by atoms with Crippen molar-refractivity contribution in [2.75, 3.05) is 25.1 Å². The molecular weight excluding hydrogens is 451 g/mol. The Hall–Kier alpha value is -3.54. The van der Waals surface area contributed by atoms with Crippen molar-refractivity contribution in [3.05, 3.63) is 59.7 Å². The molecule has 1 heterocycles. The summed E-state index contributed by atoms with van der Waals surface area (Å²) in [4.78, 5) is 19.4. The zero-order chi connectivity index (χ0) is 24.1. The molecule has 3 N–H and O–H groups in total. The van der Waals surface area contributed by atoms with Gasteiger partial charge in [0.25, 0.3) is 0 Å². The van der Waals surface area contributed by atoms with Crippen LogP contribution in [0, 0.1) is 5.92 Å². The molecule has 0 spiro atoms. The van der Waals surface area contributed by atoms with Crippen molar-refractivity contribution in [3.8, 4) is 5.75 Å². The van der Waals surface area contributed by atoms with E-state index in [1.54, 1.807) is 24.3 Å². The SMILES string of the molecule is NC(=NC(=NCC1COC1)Nc1ccc(OC(F)(F)C(F)(F)F)cc1)c1ccc(C=O)cc1. The highest BCUT2D eigenvalue weighted by Crippen LogP contribution is 2.37. The van der Waals surface area contributed by atoms with Gasteiger partial charge in [0.1, 0.15) is 17.9 Å². The molecule has 0 amide bonds. The average Bonchev–Trinajstić information content (AvgIpc) is 2.73. The summed E-state index contributed by atoms with van der Waals surface area (Å²) >= 11 is 0. The van der Waals surface area contributed by atoms with Crippen molar-refractivity contribution in [1.82, 2.24) is 0 Å². The zero-order valence-electron chi connectivity index (χ0n) is 17.0. The number of halogens is 5. The van der Waals surface area contributed by atoms with Crippen LogP contribution in [0.3, 0.4) is 0 Å². The molecule has 0 radical (unpaired) electrons. The number of aliphatic imine (C=N–C) groups is 2. The Morgan fingerprint density at radius 1 is 1.09 bits per heavy atom. The molecular formula is C21H19F5N4O3. The average molecular weight is 470 g/mol. The van der Waals surface area contributed by atoms with Gasteiger partial charge in [0, 0.05) is 22.7 Å². The van der Waals surface area contributed by atoms with Gasteiger partial charge in [-0.3, -0.25) is 9.79 Å². The summed E-state index contributed by atoms with van der Waals surface area (Å²) in [6, 6.07) is 10.7. The van der Waals surface area contributed by atoms with Gasteiger partial charge in [-0.15, -0.1) is 0 Å². The van der Waals surface area contributed by atoms with Crippen LogP contribution in [0.15, 0.2) is 58.5 Å². The number of nitrogens with two attached hydrogens (primary N) is 1. The third kappa shape index (κ3) is 6.48. The van der Waals surface area contributed by atoms with Crippen LogP contribution in [0.25, 0.3) is 0 Å². The molecule has 0 bridgehead atoms. The number of nitrogens with one attached hydrogen (secondary N) is 1. The van der Waals surface area contributed by atoms with Crippen molar-refractivity contribution in [1.29, 1.82) is 0 Å². The fourth-order valence-corrected chi connectivity index (χ4v) is 2.56. The molecule has 2 aromatic rings. The molecule has 1 aliphatic rings. The predicted molar refractivity (Wildman–Crippen MR) is 111 cm³/mol. The van der Waals surface area contributed by atoms with Gasteiger partial charge in [-0.2, -0.15) is 26.9 Å². The number of benzene rings is 2. The maximum Gasteiger partial charge on any atom is 0.499 e. The first-order valence-corrected chi connectivity index (χ1v) is 9.60. The van der Waals surface area contributed by atoms with E-state index in [2.05, 4.69) is 20.0 Å². The molecule has 2 aromatic carbocycles. The van der Waals surface area contributed by atoms with Crippen molar-refractivity contribution in [3.63, 3.8) is 0 Å². The summed E-state index contributed by atoms with van der Waals surface area (Å²) in [5.74, 6) is -0.293. The van der Waals surface area contributed by atoms with Gasteiger partial charge in [-0.1, -0.05) is 24.3 Å². The van der Waals surface area contributed by atoms with Crippen LogP contribution in [0.4, 0.5) is 27.6 Å². The number of ether oxygens (including phenoxy) is 2. The number of nitrogens with zero attached hydrogens (tertiary/aromatic N) is 2. The molecule has 33 heavy (non-hydrogen) atoms. The monoisotopic (exact) mass is 470 g/mol. The molecule has 1 fully saturated rings. The molecule has 0 saturated carbocycles. The molecule has 176 valence electrons. The van der Waals surface area contributed by atoms with Gasteiger partial charge in [-0.05, 0) is 24.3 Å². The van der Waals surface area contributed by atoms with Gasteiger partial charge in [0.2, 0.25) is 5.96 Å². The second-order valence-corrected chi connectivity index (χ2v) is 7.07. The fourth-order valence-electron chi connectivity index (χ4n) is 2.56. The molecule has 1 saturated heterocycles. The van der Waals surface area contributed by atoms with Gasteiger partial charge < -0.3 is 20.5 Å². The van der Waals surface area contributed by atoms with E-state index >= 15 is 0 Å². The summed E-state index contributed by atoms with van der Waals surface area (Å²) < 4.78 is 71.9. The minimum absolute atomic E-state index is 0.0909.